The van der Waals surface area contributed by atoms with Crippen LogP contribution in [-0.2, 0) is 10.0 Å². The lowest BCUT2D eigenvalue weighted by Crippen LogP contribution is -2.14. The molecule has 0 bridgehead atoms. The van der Waals surface area contributed by atoms with Crippen molar-refractivity contribution in [2.45, 2.75) is 11.9 Å². The fourth-order valence-corrected chi connectivity index (χ4v) is 1.27. The molecule has 0 radical (unpaired) electrons. The SMILES string of the molecule is CCOc1cccc(S(N)(=O)=O)n1. The molecule has 0 atom stereocenters. The molecule has 1 aromatic rings. The van der Waals surface area contributed by atoms with Crippen LogP contribution >= 0.6 is 0 Å². The molecule has 13 heavy (non-hydrogen) atoms. The lowest BCUT2D eigenvalue weighted by molar-refractivity contribution is 0.324. The zero-order chi connectivity index (χ0) is 9.90. The molecule has 0 fully saturated rings. The van der Waals surface area contributed by atoms with Gasteiger partial charge >= 0.3 is 0 Å². The minimum absolute atomic E-state index is 0.182. The number of rotatable bonds is 3. The second-order valence-corrected chi connectivity index (χ2v) is 3.80. The van der Waals surface area contributed by atoms with Crippen LogP contribution in [0, 0.1) is 0 Å². The molecule has 0 saturated carbocycles. The number of nitrogens with zero attached hydrogens (tertiary/aromatic N) is 1. The minimum Gasteiger partial charge on any atom is -0.478 e. The van der Waals surface area contributed by atoms with Crippen molar-refractivity contribution >= 4 is 10.0 Å². The Bertz CT molecular complexity index is 388. The van der Waals surface area contributed by atoms with Crippen LogP contribution in [-0.4, -0.2) is 20.0 Å². The van der Waals surface area contributed by atoms with Gasteiger partial charge in [0.1, 0.15) is 0 Å². The van der Waals surface area contributed by atoms with Gasteiger partial charge in [-0.2, -0.15) is 0 Å². The van der Waals surface area contributed by atoms with Gasteiger partial charge in [-0.3, -0.25) is 0 Å². The number of ether oxygens (including phenoxy) is 1. The lowest BCUT2D eigenvalue weighted by Gasteiger charge is -2.02. The van der Waals surface area contributed by atoms with Gasteiger partial charge in [0.2, 0.25) is 5.88 Å². The van der Waals surface area contributed by atoms with E-state index < -0.39 is 10.0 Å². The summed E-state index contributed by atoms with van der Waals surface area (Å²) < 4.78 is 26.7. The van der Waals surface area contributed by atoms with E-state index in [4.69, 9.17) is 9.88 Å². The summed E-state index contributed by atoms with van der Waals surface area (Å²) >= 11 is 0. The van der Waals surface area contributed by atoms with Crippen LogP contribution < -0.4 is 9.88 Å². The molecule has 0 aliphatic carbocycles. The fourth-order valence-electron chi connectivity index (χ4n) is 0.783. The minimum atomic E-state index is -3.73. The van der Waals surface area contributed by atoms with Crippen molar-refractivity contribution in [3.8, 4) is 5.88 Å². The quantitative estimate of drug-likeness (QED) is 0.755. The number of aromatic nitrogens is 1. The second kappa shape index (κ2) is 3.71. The van der Waals surface area contributed by atoms with Crippen LogP contribution in [0.2, 0.25) is 0 Å². The Morgan fingerprint density at radius 2 is 2.23 bits per heavy atom. The molecule has 6 heteroatoms. The van der Waals surface area contributed by atoms with Crippen molar-refractivity contribution in [2.24, 2.45) is 5.14 Å². The van der Waals surface area contributed by atoms with Crippen LogP contribution in [0.4, 0.5) is 0 Å². The molecule has 0 aliphatic heterocycles. The van der Waals surface area contributed by atoms with Crippen molar-refractivity contribution in [1.82, 2.24) is 4.98 Å². The summed E-state index contributed by atoms with van der Waals surface area (Å²) in [6.45, 7) is 2.21. The number of pyridine rings is 1. The van der Waals surface area contributed by atoms with Gasteiger partial charge in [-0.25, -0.2) is 18.5 Å². The summed E-state index contributed by atoms with van der Waals surface area (Å²) in [6.07, 6.45) is 0. The van der Waals surface area contributed by atoms with Gasteiger partial charge in [-0.1, -0.05) is 6.07 Å². The molecule has 1 aromatic heterocycles. The highest BCUT2D eigenvalue weighted by Crippen LogP contribution is 2.10. The predicted molar refractivity (Wildman–Crippen MR) is 46.8 cm³/mol. The van der Waals surface area contributed by atoms with Crippen molar-refractivity contribution in [1.29, 1.82) is 0 Å². The van der Waals surface area contributed by atoms with E-state index in [-0.39, 0.29) is 10.9 Å². The first kappa shape index (κ1) is 9.94. The summed E-state index contributed by atoms with van der Waals surface area (Å²) in [6, 6.07) is 4.41. The first-order valence-corrected chi connectivity index (χ1v) is 5.21. The Balaban J connectivity index is 3.06. The number of hydrogen-bond acceptors (Lipinski definition) is 4. The Morgan fingerprint density at radius 1 is 1.54 bits per heavy atom. The van der Waals surface area contributed by atoms with Gasteiger partial charge in [0.25, 0.3) is 10.0 Å². The van der Waals surface area contributed by atoms with Gasteiger partial charge in [0.05, 0.1) is 6.61 Å². The van der Waals surface area contributed by atoms with Gasteiger partial charge < -0.3 is 4.74 Å². The molecule has 0 amide bonds. The lowest BCUT2D eigenvalue weighted by atomic mass is 10.5. The maximum atomic E-state index is 10.8. The molecule has 1 heterocycles. The van der Waals surface area contributed by atoms with Gasteiger partial charge in [0.15, 0.2) is 5.03 Å². The van der Waals surface area contributed by atoms with Crippen molar-refractivity contribution in [3.05, 3.63) is 18.2 Å². The number of nitrogens with two attached hydrogens (primary N) is 1. The van der Waals surface area contributed by atoms with E-state index >= 15 is 0 Å². The number of primary sulfonamides is 1. The molecule has 0 saturated heterocycles. The molecule has 0 aromatic carbocycles. The topological polar surface area (TPSA) is 82.3 Å². The summed E-state index contributed by atoms with van der Waals surface area (Å²) in [7, 11) is -3.73. The third-order valence-corrected chi connectivity index (χ3v) is 2.09. The summed E-state index contributed by atoms with van der Waals surface area (Å²) in [4.78, 5) is 3.70. The largest absolute Gasteiger partial charge is 0.478 e. The van der Waals surface area contributed by atoms with Crippen molar-refractivity contribution in [3.63, 3.8) is 0 Å². The number of hydrogen-bond donors (Lipinski definition) is 1. The predicted octanol–water partition coefficient (Wildman–Crippen LogP) is 0.128. The third-order valence-electron chi connectivity index (χ3n) is 1.28. The van der Waals surface area contributed by atoms with Crippen LogP contribution in [0.5, 0.6) is 5.88 Å². The van der Waals surface area contributed by atoms with Gasteiger partial charge in [0, 0.05) is 6.07 Å². The van der Waals surface area contributed by atoms with E-state index in [9.17, 15) is 8.42 Å². The number of sulfonamides is 1. The highest BCUT2D eigenvalue weighted by atomic mass is 32.2. The third kappa shape index (κ3) is 2.67. The highest BCUT2D eigenvalue weighted by molar-refractivity contribution is 7.89. The Labute approximate surface area is 76.6 Å². The molecule has 0 unspecified atom stereocenters. The Hall–Kier alpha value is -1.14. The molecule has 0 spiro atoms. The zero-order valence-corrected chi connectivity index (χ0v) is 7.91. The molecular weight excluding hydrogens is 192 g/mol. The van der Waals surface area contributed by atoms with E-state index in [1.54, 1.807) is 13.0 Å². The molecule has 2 N–H and O–H groups in total. The molecule has 5 nitrogen and oxygen atoms in total. The van der Waals surface area contributed by atoms with E-state index in [1.807, 2.05) is 0 Å². The van der Waals surface area contributed by atoms with Crippen LogP contribution in [0.1, 0.15) is 6.92 Å². The zero-order valence-electron chi connectivity index (χ0n) is 7.10. The van der Waals surface area contributed by atoms with Gasteiger partial charge in [-0.15, -0.1) is 0 Å². The first-order chi connectivity index (χ1) is 6.04. The monoisotopic (exact) mass is 202 g/mol. The van der Waals surface area contributed by atoms with E-state index in [2.05, 4.69) is 4.98 Å². The van der Waals surface area contributed by atoms with E-state index in [0.717, 1.165) is 0 Å². The highest BCUT2D eigenvalue weighted by Gasteiger charge is 2.09. The average molecular weight is 202 g/mol. The molecule has 0 aliphatic rings. The van der Waals surface area contributed by atoms with Crippen LogP contribution in [0.25, 0.3) is 0 Å². The van der Waals surface area contributed by atoms with Crippen LogP contribution in [0.3, 0.4) is 0 Å². The maximum Gasteiger partial charge on any atom is 0.255 e. The van der Waals surface area contributed by atoms with Crippen LogP contribution in [0.15, 0.2) is 23.2 Å². The standard InChI is InChI=1S/C7H10N2O3S/c1-2-12-6-4-3-5-7(9-6)13(8,10)11/h3-5H,2H2,1H3,(H2,8,10,11). The smallest absolute Gasteiger partial charge is 0.255 e. The van der Waals surface area contributed by atoms with Gasteiger partial charge in [-0.05, 0) is 13.0 Å². The van der Waals surface area contributed by atoms with Crippen molar-refractivity contribution in [2.75, 3.05) is 6.61 Å². The van der Waals surface area contributed by atoms with Crippen molar-refractivity contribution < 1.29 is 13.2 Å². The second-order valence-electron chi connectivity index (χ2n) is 2.29. The average Bonchev–Trinajstić information content (AvgIpc) is 2.04. The maximum absolute atomic E-state index is 10.8. The molecule has 72 valence electrons. The summed E-state index contributed by atoms with van der Waals surface area (Å²) in [5.74, 6) is 0.258. The first-order valence-electron chi connectivity index (χ1n) is 3.66. The summed E-state index contributed by atoms with van der Waals surface area (Å²) in [5, 5.41) is 4.69. The Kier molecular flexibility index (Phi) is 2.84. The summed E-state index contributed by atoms with van der Waals surface area (Å²) in [5.41, 5.74) is 0. The normalized spacial score (nSPS) is 11.2. The fraction of sp³-hybridized carbons (Fsp3) is 0.286. The molecular formula is C7H10N2O3S. The Morgan fingerprint density at radius 3 is 2.77 bits per heavy atom. The van der Waals surface area contributed by atoms with E-state index in [0.29, 0.717) is 6.61 Å². The molecule has 1 rings (SSSR count). The van der Waals surface area contributed by atoms with E-state index in [1.165, 1.54) is 12.1 Å².